The van der Waals surface area contributed by atoms with E-state index in [9.17, 15) is 4.79 Å². The Bertz CT molecular complexity index is 614. The van der Waals surface area contributed by atoms with Crippen molar-refractivity contribution in [1.29, 1.82) is 0 Å². The summed E-state index contributed by atoms with van der Waals surface area (Å²) in [6.07, 6.45) is 1.48. The fraction of sp³-hybridized carbons (Fsp3) is 0.182. The Labute approximate surface area is 109 Å². The van der Waals surface area contributed by atoms with Crippen LogP contribution >= 0.6 is 0 Å². The molecule has 0 aromatic carbocycles. The van der Waals surface area contributed by atoms with Crippen LogP contribution in [0.2, 0.25) is 0 Å². The molecule has 0 aliphatic rings. The highest BCUT2D eigenvalue weighted by molar-refractivity contribution is 6.02. The zero-order valence-electron chi connectivity index (χ0n) is 10.5. The Morgan fingerprint density at radius 2 is 2.05 bits per heavy atom. The fourth-order valence-corrected chi connectivity index (χ4v) is 1.32. The minimum Gasteiger partial charge on any atom is -0.324 e. The zero-order valence-corrected chi connectivity index (χ0v) is 10.5. The van der Waals surface area contributed by atoms with E-state index in [1.54, 1.807) is 19.9 Å². The van der Waals surface area contributed by atoms with Crippen molar-refractivity contribution < 1.29 is 4.79 Å². The number of nitrogen functional groups attached to an aromatic ring is 1. The van der Waals surface area contributed by atoms with Gasteiger partial charge in [0.1, 0.15) is 5.69 Å². The number of hydrazine groups is 1. The normalized spacial score (nSPS) is 10.1. The van der Waals surface area contributed by atoms with Crippen LogP contribution in [0.4, 0.5) is 11.6 Å². The maximum atomic E-state index is 11.9. The maximum Gasteiger partial charge on any atom is 0.276 e. The summed E-state index contributed by atoms with van der Waals surface area (Å²) >= 11 is 0. The number of carbonyl (C=O) groups excluding carboxylic acids is 1. The van der Waals surface area contributed by atoms with E-state index in [1.165, 1.54) is 12.3 Å². The van der Waals surface area contributed by atoms with Crippen LogP contribution in [0.5, 0.6) is 0 Å². The lowest BCUT2D eigenvalue weighted by Gasteiger charge is -2.05. The second-order valence-corrected chi connectivity index (χ2v) is 3.83. The Kier molecular flexibility index (Phi) is 3.62. The summed E-state index contributed by atoms with van der Waals surface area (Å²) < 4.78 is 0. The van der Waals surface area contributed by atoms with Crippen molar-refractivity contribution in [2.75, 3.05) is 10.7 Å². The molecule has 0 spiro atoms. The molecule has 0 saturated heterocycles. The standard InChI is InChI=1S/C11H13N7O/c1-6-7(2)17-18-11(14-6)15-10(19)9-5-8(16-12)3-4-13-9/h3-5H,12H2,1-2H3,(H,13,16)(H,14,15,18,19). The topological polar surface area (TPSA) is 119 Å². The molecule has 0 atom stereocenters. The number of anilines is 2. The molecule has 4 N–H and O–H groups in total. The number of nitrogens with two attached hydrogens (primary N) is 1. The van der Waals surface area contributed by atoms with Gasteiger partial charge in [0, 0.05) is 6.20 Å². The number of amides is 1. The summed E-state index contributed by atoms with van der Waals surface area (Å²) in [7, 11) is 0. The Morgan fingerprint density at radius 3 is 2.74 bits per heavy atom. The van der Waals surface area contributed by atoms with Gasteiger partial charge < -0.3 is 5.43 Å². The molecule has 0 bridgehead atoms. The number of carbonyl (C=O) groups is 1. The zero-order chi connectivity index (χ0) is 13.8. The second-order valence-electron chi connectivity index (χ2n) is 3.83. The van der Waals surface area contributed by atoms with Crippen molar-refractivity contribution >= 4 is 17.5 Å². The highest BCUT2D eigenvalue weighted by atomic mass is 16.2. The van der Waals surface area contributed by atoms with Gasteiger partial charge in [-0.25, -0.2) is 4.98 Å². The average Bonchev–Trinajstić information content (AvgIpc) is 2.43. The van der Waals surface area contributed by atoms with E-state index >= 15 is 0 Å². The van der Waals surface area contributed by atoms with E-state index in [0.717, 1.165) is 0 Å². The number of pyridine rings is 1. The number of aromatic nitrogens is 4. The molecule has 2 rings (SSSR count). The lowest BCUT2D eigenvalue weighted by Crippen LogP contribution is -2.17. The average molecular weight is 259 g/mol. The van der Waals surface area contributed by atoms with Crippen molar-refractivity contribution in [2.24, 2.45) is 5.84 Å². The Morgan fingerprint density at radius 1 is 1.26 bits per heavy atom. The van der Waals surface area contributed by atoms with Crippen LogP contribution in [-0.2, 0) is 0 Å². The molecule has 19 heavy (non-hydrogen) atoms. The van der Waals surface area contributed by atoms with Crippen LogP contribution in [0.15, 0.2) is 18.3 Å². The summed E-state index contributed by atoms with van der Waals surface area (Å²) in [5.74, 6) is 4.98. The van der Waals surface area contributed by atoms with Crippen molar-refractivity contribution in [2.45, 2.75) is 13.8 Å². The molecular weight excluding hydrogens is 246 g/mol. The number of hydrogen-bond donors (Lipinski definition) is 3. The van der Waals surface area contributed by atoms with Gasteiger partial charge in [-0.1, -0.05) is 0 Å². The first-order valence-corrected chi connectivity index (χ1v) is 5.52. The third-order valence-electron chi connectivity index (χ3n) is 2.48. The quantitative estimate of drug-likeness (QED) is 0.540. The molecule has 2 aromatic heterocycles. The summed E-state index contributed by atoms with van der Waals surface area (Å²) in [4.78, 5) is 20.0. The van der Waals surface area contributed by atoms with Crippen LogP contribution in [0, 0.1) is 13.8 Å². The number of hydrogen-bond acceptors (Lipinski definition) is 7. The smallest absolute Gasteiger partial charge is 0.276 e. The predicted octanol–water partition coefficient (Wildman–Crippen LogP) is 0.421. The van der Waals surface area contributed by atoms with Crippen LogP contribution in [0.3, 0.4) is 0 Å². The summed E-state index contributed by atoms with van der Waals surface area (Å²) in [6, 6.07) is 3.16. The molecule has 8 heteroatoms. The predicted molar refractivity (Wildman–Crippen MR) is 69.3 cm³/mol. The lowest BCUT2D eigenvalue weighted by molar-refractivity contribution is 0.102. The van der Waals surface area contributed by atoms with E-state index in [2.05, 4.69) is 30.9 Å². The summed E-state index contributed by atoms with van der Waals surface area (Å²) in [5.41, 5.74) is 4.65. The van der Waals surface area contributed by atoms with Crippen molar-refractivity contribution in [3.63, 3.8) is 0 Å². The molecule has 8 nitrogen and oxygen atoms in total. The second kappa shape index (κ2) is 5.36. The van der Waals surface area contributed by atoms with Crippen LogP contribution in [0.25, 0.3) is 0 Å². The van der Waals surface area contributed by atoms with Gasteiger partial charge in [-0.15, -0.1) is 5.10 Å². The van der Waals surface area contributed by atoms with Gasteiger partial charge >= 0.3 is 0 Å². The van der Waals surface area contributed by atoms with Crippen LogP contribution in [0.1, 0.15) is 21.9 Å². The molecule has 2 heterocycles. The molecule has 0 aliphatic heterocycles. The van der Waals surface area contributed by atoms with Gasteiger partial charge in [-0.05, 0) is 26.0 Å². The minimum absolute atomic E-state index is 0.140. The first kappa shape index (κ1) is 12.8. The van der Waals surface area contributed by atoms with E-state index < -0.39 is 5.91 Å². The molecule has 0 saturated carbocycles. The summed E-state index contributed by atoms with van der Waals surface area (Å²) in [5, 5.41) is 10.2. The highest BCUT2D eigenvalue weighted by Crippen LogP contribution is 2.08. The van der Waals surface area contributed by atoms with E-state index in [4.69, 9.17) is 5.84 Å². The molecule has 1 amide bonds. The molecular formula is C11H13N7O. The van der Waals surface area contributed by atoms with Gasteiger partial charge in [0.2, 0.25) is 5.95 Å². The van der Waals surface area contributed by atoms with Crippen molar-refractivity contribution in [3.05, 3.63) is 35.4 Å². The first-order valence-electron chi connectivity index (χ1n) is 5.52. The fourth-order valence-electron chi connectivity index (χ4n) is 1.32. The third-order valence-corrected chi connectivity index (χ3v) is 2.48. The third kappa shape index (κ3) is 2.99. The van der Waals surface area contributed by atoms with Gasteiger partial charge in [0.15, 0.2) is 0 Å². The van der Waals surface area contributed by atoms with Gasteiger partial charge in [-0.2, -0.15) is 5.10 Å². The minimum atomic E-state index is -0.429. The van der Waals surface area contributed by atoms with E-state index in [1.807, 2.05) is 0 Å². The van der Waals surface area contributed by atoms with Gasteiger partial charge in [-0.3, -0.25) is 20.9 Å². The Hall–Kier alpha value is -2.61. The summed E-state index contributed by atoms with van der Waals surface area (Å²) in [6.45, 7) is 3.58. The van der Waals surface area contributed by atoms with E-state index in [0.29, 0.717) is 17.1 Å². The lowest BCUT2D eigenvalue weighted by atomic mass is 10.3. The molecule has 2 aromatic rings. The molecule has 0 fully saturated rings. The molecule has 0 radical (unpaired) electrons. The van der Waals surface area contributed by atoms with Crippen molar-refractivity contribution in [1.82, 2.24) is 20.2 Å². The number of rotatable bonds is 3. The Balaban J connectivity index is 2.18. The highest BCUT2D eigenvalue weighted by Gasteiger charge is 2.11. The maximum absolute atomic E-state index is 11.9. The monoisotopic (exact) mass is 259 g/mol. The van der Waals surface area contributed by atoms with Crippen LogP contribution in [-0.4, -0.2) is 26.1 Å². The molecule has 0 aliphatic carbocycles. The number of nitrogens with one attached hydrogen (secondary N) is 2. The number of aryl methyl sites for hydroxylation is 2. The number of nitrogens with zero attached hydrogens (tertiary/aromatic N) is 4. The van der Waals surface area contributed by atoms with E-state index in [-0.39, 0.29) is 11.6 Å². The molecule has 0 unspecified atom stereocenters. The van der Waals surface area contributed by atoms with Crippen LogP contribution < -0.4 is 16.6 Å². The van der Waals surface area contributed by atoms with Crippen molar-refractivity contribution in [3.8, 4) is 0 Å². The largest absolute Gasteiger partial charge is 0.324 e. The molecule has 98 valence electrons. The van der Waals surface area contributed by atoms with Gasteiger partial charge in [0.25, 0.3) is 5.91 Å². The first-order chi connectivity index (χ1) is 9.10. The SMILES string of the molecule is Cc1nnc(NC(=O)c2cc(NN)ccn2)nc1C. The van der Waals surface area contributed by atoms with Gasteiger partial charge in [0.05, 0.1) is 17.1 Å².